The van der Waals surface area contributed by atoms with Crippen molar-refractivity contribution in [2.45, 2.75) is 52.4 Å². The molecule has 0 unspecified atom stereocenters. The number of nitrogens with zero attached hydrogens (tertiary/aromatic N) is 2. The standard InChI is InChI=1S/C20H26N2OS/c1-14-19(15-7-9-16(10-8-15)20(2,3)4)21-17(24-14)11-13-22-12-5-6-18(22)23/h7-10H,5-6,11-13H2,1-4H3. The zero-order valence-electron chi connectivity index (χ0n) is 15.1. The van der Waals surface area contributed by atoms with Crippen molar-refractivity contribution < 1.29 is 4.79 Å². The molecule has 0 spiro atoms. The smallest absolute Gasteiger partial charge is 0.222 e. The van der Waals surface area contributed by atoms with E-state index in [-0.39, 0.29) is 5.41 Å². The molecule has 2 heterocycles. The second-order valence-electron chi connectivity index (χ2n) is 7.57. The van der Waals surface area contributed by atoms with Crippen molar-refractivity contribution in [2.75, 3.05) is 13.1 Å². The van der Waals surface area contributed by atoms with E-state index in [0.717, 1.165) is 36.6 Å². The summed E-state index contributed by atoms with van der Waals surface area (Å²) < 4.78 is 0. The molecular formula is C20H26N2OS. The van der Waals surface area contributed by atoms with Gasteiger partial charge in [0.05, 0.1) is 10.7 Å². The summed E-state index contributed by atoms with van der Waals surface area (Å²) in [6, 6.07) is 8.76. The van der Waals surface area contributed by atoms with Crippen LogP contribution in [0.3, 0.4) is 0 Å². The summed E-state index contributed by atoms with van der Waals surface area (Å²) in [5, 5.41) is 1.13. The van der Waals surface area contributed by atoms with Crippen LogP contribution in [0.25, 0.3) is 11.3 Å². The molecule has 0 aliphatic carbocycles. The van der Waals surface area contributed by atoms with E-state index >= 15 is 0 Å². The quantitative estimate of drug-likeness (QED) is 0.815. The normalized spacial score (nSPS) is 15.3. The van der Waals surface area contributed by atoms with Crippen molar-refractivity contribution in [3.05, 3.63) is 39.7 Å². The number of carbonyl (C=O) groups excluding carboxylic acids is 1. The SMILES string of the molecule is Cc1sc(CCN2CCCC2=O)nc1-c1ccc(C(C)(C)C)cc1. The third kappa shape index (κ3) is 3.69. The predicted octanol–water partition coefficient (Wildman–Crippen LogP) is 4.58. The predicted molar refractivity (Wildman–Crippen MR) is 101 cm³/mol. The molecule has 1 aromatic carbocycles. The summed E-state index contributed by atoms with van der Waals surface area (Å²) >= 11 is 1.75. The number of amides is 1. The first-order valence-electron chi connectivity index (χ1n) is 8.69. The lowest BCUT2D eigenvalue weighted by Crippen LogP contribution is -2.26. The van der Waals surface area contributed by atoms with Gasteiger partial charge in [0, 0.05) is 36.4 Å². The largest absolute Gasteiger partial charge is 0.342 e. The molecule has 1 amide bonds. The van der Waals surface area contributed by atoms with Crippen LogP contribution in [0.5, 0.6) is 0 Å². The molecule has 0 saturated carbocycles. The highest BCUT2D eigenvalue weighted by Gasteiger charge is 2.20. The van der Waals surface area contributed by atoms with Gasteiger partial charge in [-0.3, -0.25) is 4.79 Å². The molecule has 1 aliphatic heterocycles. The zero-order valence-corrected chi connectivity index (χ0v) is 15.9. The van der Waals surface area contributed by atoms with Crippen molar-refractivity contribution >= 4 is 17.2 Å². The molecule has 3 nitrogen and oxygen atoms in total. The van der Waals surface area contributed by atoms with Gasteiger partial charge in [0.25, 0.3) is 0 Å². The topological polar surface area (TPSA) is 33.2 Å². The van der Waals surface area contributed by atoms with E-state index in [1.165, 1.54) is 16.0 Å². The Morgan fingerprint density at radius 1 is 1.21 bits per heavy atom. The fourth-order valence-electron chi connectivity index (χ4n) is 3.13. The number of aromatic nitrogens is 1. The molecule has 0 bridgehead atoms. The van der Waals surface area contributed by atoms with E-state index in [0.29, 0.717) is 12.3 Å². The van der Waals surface area contributed by atoms with Gasteiger partial charge in [0.1, 0.15) is 0 Å². The van der Waals surface area contributed by atoms with E-state index in [1.807, 2.05) is 4.90 Å². The Morgan fingerprint density at radius 2 is 1.92 bits per heavy atom. The van der Waals surface area contributed by atoms with Crippen molar-refractivity contribution in [1.82, 2.24) is 9.88 Å². The number of rotatable bonds is 4. The van der Waals surface area contributed by atoms with Crippen LogP contribution >= 0.6 is 11.3 Å². The van der Waals surface area contributed by atoms with Gasteiger partial charge in [-0.25, -0.2) is 4.98 Å². The maximum absolute atomic E-state index is 11.7. The van der Waals surface area contributed by atoms with Gasteiger partial charge >= 0.3 is 0 Å². The zero-order chi connectivity index (χ0) is 17.3. The van der Waals surface area contributed by atoms with Gasteiger partial charge in [0.2, 0.25) is 5.91 Å². The monoisotopic (exact) mass is 342 g/mol. The second-order valence-corrected chi connectivity index (χ2v) is 8.86. The van der Waals surface area contributed by atoms with E-state index in [1.54, 1.807) is 11.3 Å². The van der Waals surface area contributed by atoms with Crippen molar-refractivity contribution in [1.29, 1.82) is 0 Å². The van der Waals surface area contributed by atoms with E-state index in [4.69, 9.17) is 4.98 Å². The fraction of sp³-hybridized carbons (Fsp3) is 0.500. The lowest BCUT2D eigenvalue weighted by Gasteiger charge is -2.19. The maximum Gasteiger partial charge on any atom is 0.222 e. The third-order valence-corrected chi connectivity index (χ3v) is 5.66. The number of carbonyl (C=O) groups is 1. The van der Waals surface area contributed by atoms with Crippen molar-refractivity contribution in [3.63, 3.8) is 0 Å². The Balaban J connectivity index is 1.72. The summed E-state index contributed by atoms with van der Waals surface area (Å²) in [5.41, 5.74) is 3.78. The number of hydrogen-bond donors (Lipinski definition) is 0. The van der Waals surface area contributed by atoms with Crippen LogP contribution in [0.2, 0.25) is 0 Å². The van der Waals surface area contributed by atoms with E-state index < -0.39 is 0 Å². The van der Waals surface area contributed by atoms with E-state index in [9.17, 15) is 4.79 Å². The van der Waals surface area contributed by atoms with Gasteiger partial charge in [-0.15, -0.1) is 11.3 Å². The van der Waals surface area contributed by atoms with Gasteiger partial charge < -0.3 is 4.90 Å². The summed E-state index contributed by atoms with van der Waals surface area (Å²) in [6.45, 7) is 10.5. The lowest BCUT2D eigenvalue weighted by molar-refractivity contribution is -0.127. The first-order valence-corrected chi connectivity index (χ1v) is 9.51. The van der Waals surface area contributed by atoms with Gasteiger partial charge in [-0.05, 0) is 24.3 Å². The molecule has 24 heavy (non-hydrogen) atoms. The molecule has 3 rings (SSSR count). The number of hydrogen-bond acceptors (Lipinski definition) is 3. The first-order chi connectivity index (χ1) is 11.3. The average Bonchev–Trinajstić information content (AvgIpc) is 3.10. The summed E-state index contributed by atoms with van der Waals surface area (Å²) in [7, 11) is 0. The minimum absolute atomic E-state index is 0.170. The number of likely N-dealkylation sites (tertiary alicyclic amines) is 1. The molecule has 128 valence electrons. The van der Waals surface area contributed by atoms with Crippen molar-refractivity contribution in [3.8, 4) is 11.3 Å². The summed E-state index contributed by atoms with van der Waals surface area (Å²) in [4.78, 5) is 19.8. The minimum atomic E-state index is 0.170. The molecule has 4 heteroatoms. The van der Waals surface area contributed by atoms with Gasteiger partial charge in [-0.1, -0.05) is 45.0 Å². The Hall–Kier alpha value is -1.68. The lowest BCUT2D eigenvalue weighted by atomic mass is 9.86. The van der Waals surface area contributed by atoms with Crippen LogP contribution in [0.4, 0.5) is 0 Å². The molecule has 0 N–H and O–H groups in total. The molecule has 1 aromatic heterocycles. The van der Waals surface area contributed by atoms with Gasteiger partial charge in [-0.2, -0.15) is 0 Å². The van der Waals surface area contributed by atoms with Crippen LogP contribution in [-0.2, 0) is 16.6 Å². The minimum Gasteiger partial charge on any atom is -0.342 e. The molecule has 0 atom stereocenters. The van der Waals surface area contributed by atoms with Crippen LogP contribution in [-0.4, -0.2) is 28.9 Å². The maximum atomic E-state index is 11.7. The van der Waals surface area contributed by atoms with Crippen LogP contribution < -0.4 is 0 Å². The molecule has 1 saturated heterocycles. The molecular weight excluding hydrogens is 316 g/mol. The Morgan fingerprint density at radius 3 is 2.50 bits per heavy atom. The highest BCUT2D eigenvalue weighted by atomic mass is 32.1. The van der Waals surface area contributed by atoms with Crippen molar-refractivity contribution in [2.24, 2.45) is 0 Å². The van der Waals surface area contributed by atoms with Gasteiger partial charge in [0.15, 0.2) is 0 Å². The molecule has 2 aromatic rings. The first kappa shape index (κ1) is 17.2. The fourth-order valence-corrected chi connectivity index (χ4v) is 4.07. The Kier molecular flexibility index (Phi) is 4.77. The Bertz CT molecular complexity index is 725. The van der Waals surface area contributed by atoms with Crippen LogP contribution in [0, 0.1) is 6.92 Å². The highest BCUT2D eigenvalue weighted by Crippen LogP contribution is 2.30. The molecule has 0 radical (unpaired) electrons. The molecule has 1 aliphatic rings. The van der Waals surface area contributed by atoms with Crippen LogP contribution in [0.15, 0.2) is 24.3 Å². The number of thiazole rings is 1. The van der Waals surface area contributed by atoms with E-state index in [2.05, 4.69) is 52.0 Å². The number of benzene rings is 1. The Labute approximate surface area is 148 Å². The summed E-state index contributed by atoms with van der Waals surface area (Å²) in [6.07, 6.45) is 2.57. The third-order valence-electron chi connectivity index (χ3n) is 4.63. The number of aryl methyl sites for hydroxylation is 1. The summed E-state index contributed by atoms with van der Waals surface area (Å²) in [5.74, 6) is 0.293. The molecule has 1 fully saturated rings. The highest BCUT2D eigenvalue weighted by molar-refractivity contribution is 7.12. The average molecular weight is 343 g/mol. The van der Waals surface area contributed by atoms with Crippen LogP contribution in [0.1, 0.15) is 49.1 Å². The second kappa shape index (κ2) is 6.67.